The number of aliphatic hydroxyl groups excluding tert-OH is 1. The summed E-state index contributed by atoms with van der Waals surface area (Å²) in [6.07, 6.45) is -3.78. The molecule has 16 nitrogen and oxygen atoms in total. The van der Waals surface area contributed by atoms with Crippen molar-refractivity contribution in [1.29, 1.82) is 0 Å². The fourth-order valence-corrected chi connectivity index (χ4v) is 9.42. The molecule has 5 heterocycles. The van der Waals surface area contributed by atoms with Gasteiger partial charge in [0.05, 0.1) is 16.3 Å². The number of urea groups is 1. The minimum atomic E-state index is -4.82. The lowest BCUT2D eigenvalue weighted by atomic mass is 9.99. The number of benzene rings is 2. The Labute approximate surface area is 362 Å². The molecule has 4 saturated heterocycles. The van der Waals surface area contributed by atoms with E-state index in [1.807, 2.05) is 24.3 Å². The van der Waals surface area contributed by atoms with Crippen LogP contribution >= 0.6 is 11.6 Å². The maximum Gasteiger partial charge on any atom is 0.418 e. The van der Waals surface area contributed by atoms with Gasteiger partial charge in [-0.15, -0.1) is 0 Å². The molecule has 1 unspecified atom stereocenters. The molecule has 0 bridgehead atoms. The molecule has 4 N–H and O–H groups in total. The Morgan fingerprint density at radius 1 is 0.871 bits per heavy atom. The first-order valence-electron chi connectivity index (χ1n) is 21.3. The zero-order valence-electron chi connectivity index (χ0n) is 34.5. The number of ether oxygens (including phenoxy) is 2. The van der Waals surface area contributed by atoms with E-state index in [9.17, 15) is 42.3 Å². The second-order valence-electron chi connectivity index (χ2n) is 16.5. The molecule has 7 rings (SSSR count). The van der Waals surface area contributed by atoms with Crippen molar-refractivity contribution < 1.29 is 51.7 Å². The van der Waals surface area contributed by atoms with Gasteiger partial charge in [0.25, 0.3) is 5.91 Å². The molecule has 338 valence electrons. The van der Waals surface area contributed by atoms with Gasteiger partial charge in [-0.05, 0) is 74.3 Å². The summed E-state index contributed by atoms with van der Waals surface area (Å²) in [4.78, 5) is 76.6. The maximum absolute atomic E-state index is 14.2. The third-order valence-corrected chi connectivity index (χ3v) is 13.1. The van der Waals surface area contributed by atoms with Gasteiger partial charge in [-0.1, -0.05) is 29.8 Å². The molecule has 0 aliphatic carbocycles. The minimum Gasteiger partial charge on any atom is -0.457 e. The highest BCUT2D eigenvalue weighted by Gasteiger charge is 2.39. The number of nitrogens with two attached hydrogens (primary N) is 1. The molecule has 20 heteroatoms. The van der Waals surface area contributed by atoms with Gasteiger partial charge in [0.2, 0.25) is 0 Å². The van der Waals surface area contributed by atoms with Crippen LogP contribution in [0.15, 0.2) is 36.4 Å². The predicted octanol–water partition coefficient (Wildman–Crippen LogP) is 3.64. The third kappa shape index (κ3) is 10.7. The van der Waals surface area contributed by atoms with Crippen LogP contribution in [-0.4, -0.2) is 167 Å². The van der Waals surface area contributed by atoms with Gasteiger partial charge in [0.15, 0.2) is 6.10 Å². The highest BCUT2D eigenvalue weighted by atomic mass is 35.5. The predicted molar refractivity (Wildman–Crippen MR) is 221 cm³/mol. The highest BCUT2D eigenvalue weighted by Crippen LogP contribution is 2.38. The summed E-state index contributed by atoms with van der Waals surface area (Å²) in [5.74, 6) is -2.19. The van der Waals surface area contributed by atoms with Crippen LogP contribution in [0, 0.1) is 0 Å². The van der Waals surface area contributed by atoms with E-state index >= 15 is 0 Å². The van der Waals surface area contributed by atoms with Gasteiger partial charge in [-0.2, -0.15) is 13.2 Å². The summed E-state index contributed by atoms with van der Waals surface area (Å²) < 4.78 is 52.9. The average molecular weight is 891 g/mol. The Balaban J connectivity index is 0.936. The number of carbonyl (C=O) groups is 5. The lowest BCUT2D eigenvalue weighted by Crippen LogP contribution is -2.56. The van der Waals surface area contributed by atoms with E-state index in [-0.39, 0.29) is 67.9 Å². The Morgan fingerprint density at radius 2 is 1.55 bits per heavy atom. The number of hydrogen-bond acceptors (Lipinski definition) is 11. The molecule has 5 aliphatic rings. The zero-order valence-corrected chi connectivity index (χ0v) is 35.2. The second-order valence-corrected chi connectivity index (χ2v) is 16.9. The normalized spacial score (nSPS) is 21.6. The molecule has 0 radical (unpaired) electrons. The summed E-state index contributed by atoms with van der Waals surface area (Å²) in [5.41, 5.74) is 5.70. The Kier molecular flexibility index (Phi) is 14.3. The number of likely N-dealkylation sites (tertiary alicyclic amines) is 3. The molecule has 5 amide bonds. The van der Waals surface area contributed by atoms with Gasteiger partial charge in [0, 0.05) is 96.2 Å². The standard InChI is InChI=1S/C42H54ClF3N8O8/c43-32-25-27(24-31(36(32)47)42(44,45)46)26-34(62-41(60)53-15-10-30(11-16-53)54-17-7-28-4-1-2-5-33(28)48-40(54)59)37(56)51-13-8-29(9-14-51)49-18-20-52(21-19-49)38(57)39(58)61-23-22-50-12-3-6-35(50)55/h1-2,4-5,24-25,29-30,34-35,55H,3,6-23,26,47H2,(H,48,59)/t34-,35?/m1/s1. The zero-order chi connectivity index (χ0) is 44.1. The topological polar surface area (TPSA) is 182 Å². The number of aliphatic hydroxyl groups is 1. The summed E-state index contributed by atoms with van der Waals surface area (Å²) >= 11 is 6.14. The molecular weight excluding hydrogens is 837 g/mol. The van der Waals surface area contributed by atoms with Crippen molar-refractivity contribution in [3.05, 3.63) is 58.1 Å². The molecule has 62 heavy (non-hydrogen) atoms. The monoisotopic (exact) mass is 890 g/mol. The van der Waals surface area contributed by atoms with Crippen molar-refractivity contribution in [2.45, 2.75) is 82.0 Å². The molecule has 2 aromatic rings. The van der Waals surface area contributed by atoms with Crippen molar-refractivity contribution >= 4 is 52.9 Å². The van der Waals surface area contributed by atoms with Crippen molar-refractivity contribution in [3.8, 4) is 0 Å². The Bertz CT molecular complexity index is 1970. The number of nitrogens with zero attached hydrogens (tertiary/aromatic N) is 6. The van der Waals surface area contributed by atoms with Gasteiger partial charge >= 0.3 is 30.2 Å². The number of fused-ring (bicyclic) bond motifs is 1. The number of piperazine rings is 1. The van der Waals surface area contributed by atoms with Crippen molar-refractivity contribution in [3.63, 3.8) is 0 Å². The Hall–Kier alpha value is -4.85. The molecular formula is C42H54ClF3N8O8. The summed E-state index contributed by atoms with van der Waals surface area (Å²) in [6, 6.07) is 9.38. The summed E-state index contributed by atoms with van der Waals surface area (Å²) in [5, 5.41) is 12.6. The quantitative estimate of drug-likeness (QED) is 0.190. The van der Waals surface area contributed by atoms with Crippen LogP contribution in [0.1, 0.15) is 55.2 Å². The van der Waals surface area contributed by atoms with Crippen LogP contribution < -0.4 is 11.1 Å². The lowest BCUT2D eigenvalue weighted by molar-refractivity contribution is -0.161. The minimum absolute atomic E-state index is 0.0103. The summed E-state index contributed by atoms with van der Waals surface area (Å²) in [6.45, 7) is 4.27. The Morgan fingerprint density at radius 3 is 2.23 bits per heavy atom. The largest absolute Gasteiger partial charge is 0.457 e. The number of carbonyl (C=O) groups excluding carboxylic acids is 5. The molecule has 2 atom stereocenters. The van der Waals surface area contributed by atoms with E-state index in [0.29, 0.717) is 84.3 Å². The lowest BCUT2D eigenvalue weighted by Gasteiger charge is -2.43. The van der Waals surface area contributed by atoms with Crippen LogP contribution in [0.2, 0.25) is 5.02 Å². The fraction of sp³-hybridized carbons (Fsp3) is 0.595. The number of alkyl halides is 3. The second kappa shape index (κ2) is 19.7. The number of anilines is 2. The molecule has 5 aliphatic heterocycles. The van der Waals surface area contributed by atoms with Crippen molar-refractivity contribution in [1.82, 2.24) is 29.4 Å². The SMILES string of the molecule is Nc1c(Cl)cc(C[C@@H](OC(=O)N2CCC(N3CCc4ccccc4NC3=O)CC2)C(=O)N2CCC(N3CCN(C(=O)C(=O)OCCN4CCCC4O)CC3)CC2)cc1C(F)(F)F. The molecule has 0 spiro atoms. The molecule has 2 aromatic carbocycles. The van der Waals surface area contributed by atoms with E-state index in [4.69, 9.17) is 26.8 Å². The van der Waals surface area contributed by atoms with Crippen LogP contribution in [0.3, 0.4) is 0 Å². The van der Waals surface area contributed by atoms with Crippen LogP contribution in [0.25, 0.3) is 0 Å². The van der Waals surface area contributed by atoms with E-state index in [1.54, 1.807) is 14.7 Å². The number of piperidine rings is 2. The first-order valence-corrected chi connectivity index (χ1v) is 21.7. The van der Waals surface area contributed by atoms with Crippen molar-refractivity contribution in [2.75, 3.05) is 89.6 Å². The number of nitrogen functional groups attached to an aromatic ring is 1. The molecule has 0 aromatic heterocycles. The van der Waals surface area contributed by atoms with Crippen LogP contribution in [0.4, 0.5) is 34.1 Å². The van der Waals surface area contributed by atoms with Crippen LogP contribution in [0.5, 0.6) is 0 Å². The number of para-hydroxylation sites is 1. The van der Waals surface area contributed by atoms with E-state index in [1.165, 1.54) is 15.9 Å². The smallest absolute Gasteiger partial charge is 0.418 e. The highest BCUT2D eigenvalue weighted by molar-refractivity contribution is 6.33. The molecule has 4 fully saturated rings. The first kappa shape index (κ1) is 45.2. The number of esters is 1. The fourth-order valence-electron chi connectivity index (χ4n) is 9.18. The maximum atomic E-state index is 14.2. The number of hydrogen-bond donors (Lipinski definition) is 3. The number of halogens is 4. The van der Waals surface area contributed by atoms with Gasteiger partial charge < -0.3 is 45.2 Å². The van der Waals surface area contributed by atoms with Crippen molar-refractivity contribution in [2.24, 2.45) is 0 Å². The van der Waals surface area contributed by atoms with Gasteiger partial charge in [-0.25, -0.2) is 14.4 Å². The van der Waals surface area contributed by atoms with E-state index < -0.39 is 53.6 Å². The van der Waals surface area contributed by atoms with E-state index in [2.05, 4.69) is 10.2 Å². The van der Waals surface area contributed by atoms with Gasteiger partial charge in [0.1, 0.15) is 12.8 Å². The van der Waals surface area contributed by atoms with Crippen LogP contribution in [-0.2, 0) is 42.9 Å². The first-order chi connectivity index (χ1) is 29.7. The number of rotatable bonds is 9. The average Bonchev–Trinajstić information content (AvgIpc) is 3.59. The van der Waals surface area contributed by atoms with Gasteiger partial charge in [-0.3, -0.25) is 19.4 Å². The summed E-state index contributed by atoms with van der Waals surface area (Å²) in [7, 11) is 0. The number of amides is 5. The third-order valence-electron chi connectivity index (χ3n) is 12.7. The van der Waals surface area contributed by atoms with E-state index in [0.717, 1.165) is 23.7 Å². The number of nitrogens with one attached hydrogen (secondary N) is 1. The molecule has 0 saturated carbocycles.